The third-order valence-corrected chi connectivity index (χ3v) is 4.25. The number of imidazole rings is 1. The van der Waals surface area contributed by atoms with Crippen molar-refractivity contribution in [2.75, 3.05) is 39.4 Å². The van der Waals surface area contributed by atoms with Gasteiger partial charge in [0.25, 0.3) is 0 Å². The molecule has 1 aliphatic rings. The van der Waals surface area contributed by atoms with Crippen molar-refractivity contribution in [1.29, 1.82) is 0 Å². The van der Waals surface area contributed by atoms with Crippen molar-refractivity contribution in [1.82, 2.24) is 19.8 Å². The molecule has 1 saturated heterocycles. The topological polar surface area (TPSA) is 80.7 Å². The van der Waals surface area contributed by atoms with Crippen molar-refractivity contribution in [2.24, 2.45) is 10.7 Å². The standard InChI is InChI=1S/C18H26N6O.HI/c19-18(21-6-3-8-23-10-12-25-13-11-23)22-14-16-4-1-2-5-17(16)24-9-7-20-15-24;/h1-2,4-5,7,9,15H,3,6,8,10-14H2,(H3,19,21,22);1H. The van der Waals surface area contributed by atoms with E-state index in [0.717, 1.165) is 57.1 Å². The zero-order chi connectivity index (χ0) is 17.3. The largest absolute Gasteiger partial charge is 0.379 e. The molecule has 3 N–H and O–H groups in total. The molecule has 0 atom stereocenters. The minimum atomic E-state index is 0. The number of halogens is 1. The maximum atomic E-state index is 6.00. The summed E-state index contributed by atoms with van der Waals surface area (Å²) in [7, 11) is 0. The van der Waals surface area contributed by atoms with Gasteiger partial charge in [0.2, 0.25) is 0 Å². The van der Waals surface area contributed by atoms with Crippen molar-refractivity contribution < 1.29 is 4.74 Å². The number of morpholine rings is 1. The van der Waals surface area contributed by atoms with E-state index in [2.05, 4.69) is 32.3 Å². The van der Waals surface area contributed by atoms with Crippen molar-refractivity contribution in [3.05, 3.63) is 48.5 Å². The van der Waals surface area contributed by atoms with E-state index in [9.17, 15) is 0 Å². The maximum absolute atomic E-state index is 6.00. The highest BCUT2D eigenvalue weighted by Gasteiger charge is 2.09. The summed E-state index contributed by atoms with van der Waals surface area (Å²) < 4.78 is 7.34. The minimum absolute atomic E-state index is 0. The van der Waals surface area contributed by atoms with Gasteiger partial charge in [-0.05, 0) is 24.6 Å². The van der Waals surface area contributed by atoms with Crippen LogP contribution in [-0.4, -0.2) is 59.8 Å². The van der Waals surface area contributed by atoms with Gasteiger partial charge < -0.3 is 20.4 Å². The Balaban J connectivity index is 0.00000243. The Morgan fingerprint density at radius 3 is 2.85 bits per heavy atom. The number of benzene rings is 1. The third kappa shape index (κ3) is 6.26. The van der Waals surface area contributed by atoms with Crippen LogP contribution in [0, 0.1) is 0 Å². The second-order valence-electron chi connectivity index (χ2n) is 6.03. The van der Waals surface area contributed by atoms with Gasteiger partial charge in [0.05, 0.1) is 31.8 Å². The van der Waals surface area contributed by atoms with Gasteiger partial charge in [-0.25, -0.2) is 9.98 Å². The molecule has 0 bridgehead atoms. The Hall–Kier alpha value is -1.65. The number of hydrogen-bond acceptors (Lipinski definition) is 4. The summed E-state index contributed by atoms with van der Waals surface area (Å²) in [4.78, 5) is 11.0. The van der Waals surface area contributed by atoms with Crippen LogP contribution < -0.4 is 11.1 Å². The Labute approximate surface area is 171 Å². The molecule has 3 rings (SSSR count). The van der Waals surface area contributed by atoms with Crippen LogP contribution in [0.15, 0.2) is 48.0 Å². The van der Waals surface area contributed by atoms with E-state index in [-0.39, 0.29) is 24.0 Å². The lowest BCUT2D eigenvalue weighted by Crippen LogP contribution is -2.39. The van der Waals surface area contributed by atoms with Crippen LogP contribution in [0.4, 0.5) is 0 Å². The Kier molecular flexibility index (Phi) is 8.86. The molecule has 1 fully saturated rings. The molecule has 8 heteroatoms. The SMILES string of the molecule is I.NC(=NCc1ccccc1-n1ccnc1)NCCCN1CCOCC1. The van der Waals surface area contributed by atoms with Crippen LogP contribution in [0.5, 0.6) is 0 Å². The molecule has 2 heterocycles. The highest BCUT2D eigenvalue weighted by atomic mass is 127. The quantitative estimate of drug-likeness (QED) is 0.278. The molecule has 0 saturated carbocycles. The average Bonchev–Trinajstić information content (AvgIpc) is 3.19. The van der Waals surface area contributed by atoms with Gasteiger partial charge in [0.1, 0.15) is 0 Å². The predicted octanol–water partition coefficient (Wildman–Crippen LogP) is 1.62. The van der Waals surface area contributed by atoms with E-state index >= 15 is 0 Å². The summed E-state index contributed by atoms with van der Waals surface area (Å²) in [6.07, 6.45) is 6.53. The molecule has 0 amide bonds. The summed E-state index contributed by atoms with van der Waals surface area (Å²) in [5.74, 6) is 0.488. The first-order valence-corrected chi connectivity index (χ1v) is 8.73. The van der Waals surface area contributed by atoms with Crippen LogP contribution in [0.3, 0.4) is 0 Å². The summed E-state index contributed by atoms with van der Waals surface area (Å²) in [6, 6.07) is 8.13. The van der Waals surface area contributed by atoms with Gasteiger partial charge in [-0.3, -0.25) is 4.90 Å². The lowest BCUT2D eigenvalue weighted by molar-refractivity contribution is 0.0376. The molecule has 0 spiro atoms. The van der Waals surface area contributed by atoms with E-state index in [4.69, 9.17) is 10.5 Å². The number of rotatable bonds is 7. The first-order chi connectivity index (χ1) is 12.3. The number of aromatic nitrogens is 2. The first kappa shape index (κ1) is 20.7. The fourth-order valence-electron chi connectivity index (χ4n) is 2.87. The number of nitrogens with zero attached hydrogens (tertiary/aromatic N) is 4. The average molecular weight is 470 g/mol. The van der Waals surface area contributed by atoms with Crippen molar-refractivity contribution >= 4 is 29.9 Å². The number of ether oxygens (including phenoxy) is 1. The molecule has 1 aromatic heterocycles. The lowest BCUT2D eigenvalue weighted by Gasteiger charge is -2.26. The summed E-state index contributed by atoms with van der Waals surface area (Å²) in [5.41, 5.74) is 8.18. The van der Waals surface area contributed by atoms with Gasteiger partial charge in [-0.15, -0.1) is 24.0 Å². The highest BCUT2D eigenvalue weighted by molar-refractivity contribution is 14.0. The van der Waals surface area contributed by atoms with Crippen LogP contribution in [0.2, 0.25) is 0 Å². The number of guanidine groups is 1. The number of aliphatic imine (C=N–C) groups is 1. The predicted molar refractivity (Wildman–Crippen MR) is 114 cm³/mol. The van der Waals surface area contributed by atoms with Crippen molar-refractivity contribution in [2.45, 2.75) is 13.0 Å². The molecule has 0 unspecified atom stereocenters. The Bertz CT molecular complexity index is 670. The Morgan fingerprint density at radius 1 is 1.27 bits per heavy atom. The van der Waals surface area contributed by atoms with E-state index in [0.29, 0.717) is 12.5 Å². The lowest BCUT2D eigenvalue weighted by atomic mass is 10.2. The van der Waals surface area contributed by atoms with Gasteiger partial charge in [0.15, 0.2) is 5.96 Å². The molecule has 0 radical (unpaired) electrons. The van der Waals surface area contributed by atoms with Crippen molar-refractivity contribution in [3.8, 4) is 5.69 Å². The summed E-state index contributed by atoms with van der Waals surface area (Å²) in [5, 5.41) is 3.20. The second-order valence-corrected chi connectivity index (χ2v) is 6.03. The fourth-order valence-corrected chi connectivity index (χ4v) is 2.87. The fraction of sp³-hybridized carbons (Fsp3) is 0.444. The molecule has 7 nitrogen and oxygen atoms in total. The molecular weight excluding hydrogens is 443 g/mol. The monoisotopic (exact) mass is 470 g/mol. The smallest absolute Gasteiger partial charge is 0.188 e. The second kappa shape index (κ2) is 11.1. The van der Waals surface area contributed by atoms with Crippen LogP contribution in [0.25, 0.3) is 5.69 Å². The zero-order valence-electron chi connectivity index (χ0n) is 14.9. The van der Waals surface area contributed by atoms with Crippen LogP contribution in [0.1, 0.15) is 12.0 Å². The number of hydrogen-bond donors (Lipinski definition) is 2. The first-order valence-electron chi connectivity index (χ1n) is 8.73. The van der Waals surface area contributed by atoms with E-state index < -0.39 is 0 Å². The number of para-hydroxylation sites is 1. The molecule has 1 aliphatic heterocycles. The molecule has 0 aliphatic carbocycles. The third-order valence-electron chi connectivity index (χ3n) is 4.25. The Morgan fingerprint density at radius 2 is 2.08 bits per heavy atom. The maximum Gasteiger partial charge on any atom is 0.188 e. The van der Waals surface area contributed by atoms with Gasteiger partial charge in [0, 0.05) is 32.0 Å². The number of nitrogens with two attached hydrogens (primary N) is 1. The number of nitrogens with one attached hydrogen (secondary N) is 1. The van der Waals surface area contributed by atoms with E-state index in [1.165, 1.54) is 0 Å². The van der Waals surface area contributed by atoms with Crippen molar-refractivity contribution in [3.63, 3.8) is 0 Å². The molecule has 26 heavy (non-hydrogen) atoms. The zero-order valence-corrected chi connectivity index (χ0v) is 17.2. The summed E-state index contributed by atoms with van der Waals surface area (Å²) in [6.45, 7) is 6.16. The molecular formula is C18H27IN6O. The normalized spacial score (nSPS) is 15.5. The van der Waals surface area contributed by atoms with Crippen LogP contribution >= 0.6 is 24.0 Å². The molecule has 1 aromatic carbocycles. The highest BCUT2D eigenvalue weighted by Crippen LogP contribution is 2.14. The molecule has 2 aromatic rings. The van der Waals surface area contributed by atoms with E-state index in [1.54, 1.807) is 12.5 Å². The van der Waals surface area contributed by atoms with E-state index in [1.807, 2.05) is 22.9 Å². The van der Waals surface area contributed by atoms with Crippen LogP contribution in [-0.2, 0) is 11.3 Å². The molecule has 142 valence electrons. The minimum Gasteiger partial charge on any atom is -0.379 e. The van der Waals surface area contributed by atoms with Gasteiger partial charge >= 0.3 is 0 Å². The van der Waals surface area contributed by atoms with Gasteiger partial charge in [-0.2, -0.15) is 0 Å². The summed E-state index contributed by atoms with van der Waals surface area (Å²) >= 11 is 0. The van der Waals surface area contributed by atoms with Gasteiger partial charge in [-0.1, -0.05) is 18.2 Å².